The summed E-state index contributed by atoms with van der Waals surface area (Å²) >= 11 is 0. The highest BCUT2D eigenvalue weighted by molar-refractivity contribution is 4.85. The van der Waals surface area contributed by atoms with Gasteiger partial charge < -0.3 is 9.88 Å². The minimum atomic E-state index is 0.596. The van der Waals surface area contributed by atoms with E-state index in [9.17, 15) is 0 Å². The molecule has 1 aromatic rings. The van der Waals surface area contributed by atoms with Crippen molar-refractivity contribution in [3.05, 3.63) is 12.2 Å². The number of nitrogens with zero attached hydrogens (tertiary/aromatic N) is 3. The summed E-state index contributed by atoms with van der Waals surface area (Å²) in [6, 6.07) is 0.596. The Labute approximate surface area is 84.7 Å². The lowest BCUT2D eigenvalue weighted by Crippen LogP contribution is -2.27. The highest BCUT2D eigenvalue weighted by Crippen LogP contribution is 2.33. The van der Waals surface area contributed by atoms with Gasteiger partial charge in [0.15, 0.2) is 0 Å². The number of rotatable bonds is 5. The van der Waals surface area contributed by atoms with Crippen LogP contribution in [0.4, 0.5) is 0 Å². The molecule has 0 bridgehead atoms. The van der Waals surface area contributed by atoms with E-state index in [1.807, 2.05) is 11.6 Å². The van der Waals surface area contributed by atoms with Crippen LogP contribution in [0.25, 0.3) is 0 Å². The quantitative estimate of drug-likeness (QED) is 0.763. The van der Waals surface area contributed by atoms with Crippen molar-refractivity contribution >= 4 is 0 Å². The second-order valence-electron chi connectivity index (χ2n) is 4.32. The number of hydrogen-bond donors (Lipinski definition) is 1. The summed E-state index contributed by atoms with van der Waals surface area (Å²) in [5.74, 6) is 1.99. The van der Waals surface area contributed by atoms with Gasteiger partial charge in [-0.3, -0.25) is 0 Å². The Kier molecular flexibility index (Phi) is 2.82. The summed E-state index contributed by atoms with van der Waals surface area (Å²) in [4.78, 5) is 0. The van der Waals surface area contributed by atoms with E-state index < -0.39 is 0 Å². The normalized spacial score (nSPS) is 18.4. The van der Waals surface area contributed by atoms with Gasteiger partial charge >= 0.3 is 0 Å². The number of aryl methyl sites for hydroxylation is 1. The number of nitrogens with one attached hydrogen (secondary N) is 1. The zero-order valence-corrected chi connectivity index (χ0v) is 8.90. The molecule has 1 aromatic heterocycles. The van der Waals surface area contributed by atoms with Crippen LogP contribution < -0.4 is 5.32 Å². The smallest absolute Gasteiger partial charge is 0.146 e. The zero-order valence-electron chi connectivity index (χ0n) is 8.90. The average molecular weight is 194 g/mol. The molecular formula is C10H18N4. The van der Waals surface area contributed by atoms with Crippen LogP contribution in [-0.2, 0) is 13.6 Å². The summed E-state index contributed by atoms with van der Waals surface area (Å²) in [5.41, 5.74) is 0. The van der Waals surface area contributed by atoms with Gasteiger partial charge in [-0.25, -0.2) is 0 Å². The fourth-order valence-electron chi connectivity index (χ4n) is 1.67. The Hall–Kier alpha value is -0.900. The van der Waals surface area contributed by atoms with Crippen molar-refractivity contribution < 1.29 is 0 Å². The summed E-state index contributed by atoms with van der Waals surface area (Å²) in [6.45, 7) is 3.07. The minimum absolute atomic E-state index is 0.596. The highest BCUT2D eigenvalue weighted by Gasteiger charge is 2.23. The predicted molar refractivity (Wildman–Crippen MR) is 54.6 cm³/mol. The maximum Gasteiger partial charge on any atom is 0.146 e. The molecule has 0 saturated heterocycles. The molecule has 1 saturated carbocycles. The lowest BCUT2D eigenvalue weighted by Gasteiger charge is -2.12. The second-order valence-corrected chi connectivity index (χ2v) is 4.32. The van der Waals surface area contributed by atoms with Gasteiger partial charge in [0.1, 0.15) is 12.2 Å². The van der Waals surface area contributed by atoms with Crippen molar-refractivity contribution in [2.75, 3.05) is 0 Å². The van der Waals surface area contributed by atoms with E-state index in [0.717, 1.165) is 18.3 Å². The van der Waals surface area contributed by atoms with E-state index in [-0.39, 0.29) is 0 Å². The van der Waals surface area contributed by atoms with Gasteiger partial charge in [-0.1, -0.05) is 12.8 Å². The molecule has 4 heteroatoms. The first-order chi connectivity index (χ1) is 6.75. The van der Waals surface area contributed by atoms with Crippen molar-refractivity contribution in [1.29, 1.82) is 0 Å². The first-order valence-electron chi connectivity index (χ1n) is 5.32. The lowest BCUT2D eigenvalue weighted by atomic mass is 10.1. The van der Waals surface area contributed by atoms with E-state index in [1.165, 1.54) is 19.3 Å². The first-order valence-corrected chi connectivity index (χ1v) is 5.32. The van der Waals surface area contributed by atoms with Crippen LogP contribution in [-0.4, -0.2) is 20.8 Å². The van der Waals surface area contributed by atoms with Crippen molar-refractivity contribution in [3.63, 3.8) is 0 Å². The third-order valence-electron chi connectivity index (χ3n) is 2.80. The van der Waals surface area contributed by atoms with Crippen LogP contribution >= 0.6 is 0 Å². The van der Waals surface area contributed by atoms with Crippen molar-refractivity contribution in [1.82, 2.24) is 20.1 Å². The maximum atomic E-state index is 4.03. The Balaban J connectivity index is 1.73. The third-order valence-corrected chi connectivity index (χ3v) is 2.80. The molecule has 78 valence electrons. The topological polar surface area (TPSA) is 42.7 Å². The fraction of sp³-hybridized carbons (Fsp3) is 0.800. The Morgan fingerprint density at radius 3 is 3.00 bits per heavy atom. The SMILES string of the molecule is CC(CC1CC1)NCc1nncn1C. The summed E-state index contributed by atoms with van der Waals surface area (Å²) in [5, 5.41) is 11.4. The first kappa shape index (κ1) is 9.65. The lowest BCUT2D eigenvalue weighted by molar-refractivity contribution is 0.475. The van der Waals surface area contributed by atoms with Gasteiger partial charge in [0.2, 0.25) is 0 Å². The Bertz CT molecular complexity index is 290. The van der Waals surface area contributed by atoms with Crippen LogP contribution in [0.15, 0.2) is 6.33 Å². The number of aromatic nitrogens is 3. The molecule has 0 amide bonds. The van der Waals surface area contributed by atoms with E-state index >= 15 is 0 Å². The van der Waals surface area contributed by atoms with Crippen LogP contribution in [0.3, 0.4) is 0 Å². The van der Waals surface area contributed by atoms with Crippen LogP contribution in [0, 0.1) is 5.92 Å². The molecule has 4 nitrogen and oxygen atoms in total. The van der Waals surface area contributed by atoms with Gasteiger partial charge in [-0.2, -0.15) is 0 Å². The standard InChI is InChI=1S/C10H18N4/c1-8(5-9-3-4-9)11-6-10-13-12-7-14(10)2/h7-9,11H,3-6H2,1-2H3. The van der Waals surface area contributed by atoms with E-state index in [1.54, 1.807) is 6.33 Å². The zero-order chi connectivity index (χ0) is 9.97. The van der Waals surface area contributed by atoms with E-state index in [0.29, 0.717) is 6.04 Å². The molecule has 14 heavy (non-hydrogen) atoms. The second kappa shape index (κ2) is 4.09. The number of hydrogen-bond acceptors (Lipinski definition) is 3. The molecule has 2 rings (SSSR count). The Morgan fingerprint density at radius 1 is 1.64 bits per heavy atom. The minimum Gasteiger partial charge on any atom is -0.320 e. The van der Waals surface area contributed by atoms with Gasteiger partial charge in [0.25, 0.3) is 0 Å². The van der Waals surface area contributed by atoms with E-state index in [4.69, 9.17) is 0 Å². The molecule has 0 aromatic carbocycles. The molecule has 1 unspecified atom stereocenters. The molecule has 1 heterocycles. The van der Waals surface area contributed by atoms with Crippen LogP contribution in [0.2, 0.25) is 0 Å². The van der Waals surface area contributed by atoms with Gasteiger partial charge in [-0.15, -0.1) is 10.2 Å². The molecule has 0 radical (unpaired) electrons. The van der Waals surface area contributed by atoms with Gasteiger partial charge in [-0.05, 0) is 19.3 Å². The predicted octanol–water partition coefficient (Wildman–Crippen LogP) is 1.09. The summed E-state index contributed by atoms with van der Waals surface area (Å²) in [7, 11) is 1.97. The largest absolute Gasteiger partial charge is 0.320 e. The molecule has 1 aliphatic carbocycles. The molecule has 1 aliphatic rings. The van der Waals surface area contributed by atoms with Crippen LogP contribution in [0.1, 0.15) is 32.0 Å². The third kappa shape index (κ3) is 2.54. The summed E-state index contributed by atoms with van der Waals surface area (Å²) in [6.07, 6.45) is 5.90. The van der Waals surface area contributed by atoms with Gasteiger partial charge in [0, 0.05) is 13.1 Å². The molecule has 0 spiro atoms. The Morgan fingerprint density at radius 2 is 2.43 bits per heavy atom. The van der Waals surface area contributed by atoms with E-state index in [2.05, 4.69) is 22.4 Å². The fourth-order valence-corrected chi connectivity index (χ4v) is 1.67. The van der Waals surface area contributed by atoms with Crippen molar-refractivity contribution in [3.8, 4) is 0 Å². The summed E-state index contributed by atoms with van der Waals surface area (Å²) < 4.78 is 1.96. The van der Waals surface area contributed by atoms with Crippen molar-refractivity contribution in [2.45, 2.75) is 38.8 Å². The molecule has 1 atom stereocenters. The van der Waals surface area contributed by atoms with Crippen molar-refractivity contribution in [2.24, 2.45) is 13.0 Å². The van der Waals surface area contributed by atoms with Crippen LogP contribution in [0.5, 0.6) is 0 Å². The molecule has 1 fully saturated rings. The molecular weight excluding hydrogens is 176 g/mol. The van der Waals surface area contributed by atoms with Gasteiger partial charge in [0.05, 0.1) is 6.54 Å². The molecule has 0 aliphatic heterocycles. The highest BCUT2D eigenvalue weighted by atomic mass is 15.3. The molecule has 1 N–H and O–H groups in total. The average Bonchev–Trinajstić information content (AvgIpc) is 2.86. The monoisotopic (exact) mass is 194 g/mol. The maximum absolute atomic E-state index is 4.03.